The number of anilines is 2. The maximum Gasteiger partial charge on any atom is 0.260 e. The van der Waals surface area contributed by atoms with Crippen molar-refractivity contribution in [2.75, 3.05) is 5.32 Å². The van der Waals surface area contributed by atoms with E-state index in [0.717, 1.165) is 11.3 Å². The van der Waals surface area contributed by atoms with Crippen LogP contribution < -0.4 is 10.9 Å². The molecule has 6 nitrogen and oxygen atoms in total. The van der Waals surface area contributed by atoms with Crippen LogP contribution in [0.4, 0.5) is 11.9 Å². The summed E-state index contributed by atoms with van der Waals surface area (Å²) in [6.07, 6.45) is 1.66. The van der Waals surface area contributed by atoms with Crippen LogP contribution in [0.1, 0.15) is 0 Å². The molecular formula is C18H13N5O. The molecule has 2 heterocycles. The summed E-state index contributed by atoms with van der Waals surface area (Å²) in [7, 11) is 0. The molecule has 0 fully saturated rings. The highest BCUT2D eigenvalue weighted by molar-refractivity contribution is 5.78. The summed E-state index contributed by atoms with van der Waals surface area (Å²) >= 11 is 0. The van der Waals surface area contributed by atoms with E-state index in [-0.39, 0.29) is 5.56 Å². The second-order valence-electron chi connectivity index (χ2n) is 5.19. The van der Waals surface area contributed by atoms with Crippen LogP contribution >= 0.6 is 0 Å². The van der Waals surface area contributed by atoms with Crippen LogP contribution in [0.2, 0.25) is 0 Å². The summed E-state index contributed by atoms with van der Waals surface area (Å²) in [6, 6.07) is 18.8. The maximum absolute atomic E-state index is 12.1. The molecule has 4 aromatic rings. The normalized spacial score (nSPS) is 10.7. The Kier molecular flexibility index (Phi) is 3.47. The van der Waals surface area contributed by atoms with Gasteiger partial charge in [0.1, 0.15) is 0 Å². The standard InChI is InChI=1S/C18H13N5O/c24-16-13-8-4-5-9-15(13)21-18(22-16)23-17-19-11-10-14(20-17)12-6-2-1-3-7-12/h1-11H,(H2,19,20,21,22,23,24). The highest BCUT2D eigenvalue weighted by atomic mass is 16.1. The smallest absolute Gasteiger partial charge is 0.260 e. The Bertz CT molecular complexity index is 1060. The molecule has 4 rings (SSSR count). The van der Waals surface area contributed by atoms with Gasteiger partial charge in [-0.1, -0.05) is 42.5 Å². The number of nitrogens with zero attached hydrogens (tertiary/aromatic N) is 3. The summed E-state index contributed by atoms with van der Waals surface area (Å²) in [5.74, 6) is 0.679. The first-order valence-corrected chi connectivity index (χ1v) is 7.44. The minimum atomic E-state index is -0.206. The lowest BCUT2D eigenvalue weighted by Crippen LogP contribution is -2.12. The molecule has 2 aromatic heterocycles. The molecule has 0 amide bonds. The van der Waals surface area contributed by atoms with Crippen LogP contribution in [-0.4, -0.2) is 19.9 Å². The molecule has 0 bridgehead atoms. The van der Waals surface area contributed by atoms with Gasteiger partial charge in [0.2, 0.25) is 11.9 Å². The average molecular weight is 315 g/mol. The summed E-state index contributed by atoms with van der Waals surface area (Å²) in [6.45, 7) is 0. The number of para-hydroxylation sites is 1. The number of aromatic nitrogens is 4. The van der Waals surface area contributed by atoms with E-state index in [1.54, 1.807) is 24.4 Å². The number of rotatable bonds is 3. The minimum Gasteiger partial charge on any atom is -0.294 e. The van der Waals surface area contributed by atoms with Crippen molar-refractivity contribution in [2.24, 2.45) is 0 Å². The van der Waals surface area contributed by atoms with Crippen molar-refractivity contribution in [1.82, 2.24) is 19.9 Å². The van der Waals surface area contributed by atoms with Gasteiger partial charge in [-0.25, -0.2) is 15.0 Å². The van der Waals surface area contributed by atoms with Crippen molar-refractivity contribution in [3.63, 3.8) is 0 Å². The third-order valence-corrected chi connectivity index (χ3v) is 3.57. The Balaban J connectivity index is 1.70. The monoisotopic (exact) mass is 315 g/mol. The molecule has 116 valence electrons. The van der Waals surface area contributed by atoms with Crippen LogP contribution in [0.25, 0.3) is 22.2 Å². The number of H-pyrrole nitrogens is 1. The number of nitrogens with one attached hydrogen (secondary N) is 2. The molecule has 2 aromatic carbocycles. The van der Waals surface area contributed by atoms with Gasteiger partial charge in [0, 0.05) is 11.8 Å². The fourth-order valence-corrected chi connectivity index (χ4v) is 2.44. The van der Waals surface area contributed by atoms with Crippen LogP contribution in [-0.2, 0) is 0 Å². The molecule has 0 radical (unpaired) electrons. The molecule has 0 unspecified atom stereocenters. The fourth-order valence-electron chi connectivity index (χ4n) is 2.44. The van der Waals surface area contributed by atoms with E-state index in [1.165, 1.54) is 0 Å². The van der Waals surface area contributed by atoms with E-state index in [1.807, 2.05) is 42.5 Å². The molecular weight excluding hydrogens is 302 g/mol. The Hall–Kier alpha value is -3.54. The number of benzene rings is 2. The predicted molar refractivity (Wildman–Crippen MR) is 93.1 cm³/mol. The summed E-state index contributed by atoms with van der Waals surface area (Å²) in [4.78, 5) is 27.8. The van der Waals surface area contributed by atoms with Gasteiger partial charge in [-0.05, 0) is 18.2 Å². The van der Waals surface area contributed by atoms with E-state index in [9.17, 15) is 4.79 Å². The van der Waals surface area contributed by atoms with Gasteiger partial charge in [0.15, 0.2) is 0 Å². The second kappa shape index (κ2) is 5.92. The highest BCUT2D eigenvalue weighted by Crippen LogP contribution is 2.18. The Morgan fingerprint density at radius 3 is 2.54 bits per heavy atom. The van der Waals surface area contributed by atoms with Gasteiger partial charge >= 0.3 is 0 Å². The molecule has 0 aliphatic carbocycles. The zero-order valence-electron chi connectivity index (χ0n) is 12.6. The minimum absolute atomic E-state index is 0.206. The third kappa shape index (κ3) is 2.72. The molecule has 2 N–H and O–H groups in total. The van der Waals surface area contributed by atoms with Gasteiger partial charge in [-0.2, -0.15) is 0 Å². The molecule has 0 saturated carbocycles. The predicted octanol–water partition coefficient (Wildman–Crippen LogP) is 3.12. The second-order valence-corrected chi connectivity index (χ2v) is 5.19. The molecule has 0 saturated heterocycles. The van der Waals surface area contributed by atoms with Crippen molar-refractivity contribution in [2.45, 2.75) is 0 Å². The Morgan fingerprint density at radius 2 is 1.67 bits per heavy atom. The quantitative estimate of drug-likeness (QED) is 0.607. The van der Waals surface area contributed by atoms with Crippen molar-refractivity contribution in [1.29, 1.82) is 0 Å². The van der Waals surface area contributed by atoms with Gasteiger partial charge in [-0.3, -0.25) is 15.1 Å². The summed E-state index contributed by atoms with van der Waals surface area (Å²) in [5.41, 5.74) is 2.18. The van der Waals surface area contributed by atoms with E-state index in [0.29, 0.717) is 22.8 Å². The van der Waals surface area contributed by atoms with Crippen LogP contribution in [0.3, 0.4) is 0 Å². The molecule has 6 heteroatoms. The summed E-state index contributed by atoms with van der Waals surface area (Å²) in [5, 5.41) is 3.50. The lowest BCUT2D eigenvalue weighted by Gasteiger charge is -2.06. The molecule has 0 spiro atoms. The molecule has 0 aliphatic heterocycles. The number of aromatic amines is 1. The number of hydrogen-bond donors (Lipinski definition) is 2. The van der Waals surface area contributed by atoms with Crippen LogP contribution in [0, 0.1) is 0 Å². The van der Waals surface area contributed by atoms with Crippen molar-refractivity contribution in [3.8, 4) is 11.3 Å². The van der Waals surface area contributed by atoms with E-state index in [4.69, 9.17) is 0 Å². The first kappa shape index (κ1) is 14.1. The van der Waals surface area contributed by atoms with Gasteiger partial charge in [-0.15, -0.1) is 0 Å². The first-order chi connectivity index (χ1) is 11.8. The zero-order chi connectivity index (χ0) is 16.4. The van der Waals surface area contributed by atoms with Crippen LogP contribution in [0.5, 0.6) is 0 Å². The van der Waals surface area contributed by atoms with Gasteiger partial charge in [0.05, 0.1) is 16.6 Å². The van der Waals surface area contributed by atoms with E-state index < -0.39 is 0 Å². The largest absolute Gasteiger partial charge is 0.294 e. The van der Waals surface area contributed by atoms with Gasteiger partial charge in [0.25, 0.3) is 5.56 Å². The van der Waals surface area contributed by atoms with E-state index in [2.05, 4.69) is 25.3 Å². The average Bonchev–Trinajstić information content (AvgIpc) is 2.63. The topological polar surface area (TPSA) is 83.6 Å². The maximum atomic E-state index is 12.1. The summed E-state index contributed by atoms with van der Waals surface area (Å²) < 4.78 is 0. The Morgan fingerprint density at radius 1 is 0.875 bits per heavy atom. The molecule has 0 atom stereocenters. The lowest BCUT2D eigenvalue weighted by molar-refractivity contribution is 1.11. The fraction of sp³-hybridized carbons (Fsp3) is 0. The first-order valence-electron chi connectivity index (χ1n) is 7.44. The number of fused-ring (bicyclic) bond motifs is 1. The SMILES string of the molecule is O=c1[nH]c(Nc2nccc(-c3ccccc3)n2)nc2ccccc12. The van der Waals surface area contributed by atoms with Crippen LogP contribution in [0.15, 0.2) is 71.7 Å². The molecule has 24 heavy (non-hydrogen) atoms. The zero-order valence-corrected chi connectivity index (χ0v) is 12.6. The highest BCUT2D eigenvalue weighted by Gasteiger charge is 2.06. The lowest BCUT2D eigenvalue weighted by atomic mass is 10.1. The van der Waals surface area contributed by atoms with Crippen molar-refractivity contribution < 1.29 is 0 Å². The van der Waals surface area contributed by atoms with E-state index >= 15 is 0 Å². The Labute approximate surface area is 137 Å². The number of hydrogen-bond acceptors (Lipinski definition) is 5. The third-order valence-electron chi connectivity index (χ3n) is 3.57. The molecule has 0 aliphatic rings. The van der Waals surface area contributed by atoms with Crippen molar-refractivity contribution in [3.05, 3.63) is 77.2 Å². The van der Waals surface area contributed by atoms with Gasteiger partial charge < -0.3 is 0 Å². The van der Waals surface area contributed by atoms with Crippen molar-refractivity contribution >= 4 is 22.8 Å².